The highest BCUT2D eigenvalue weighted by Crippen LogP contribution is 2.29. The first-order chi connectivity index (χ1) is 8.39. The number of alkyl halides is 2. The molecular formula is C13H25F2N3. The lowest BCUT2D eigenvalue weighted by molar-refractivity contribution is -0.0639. The second-order valence-electron chi connectivity index (χ2n) is 6.18. The zero-order valence-electron chi connectivity index (χ0n) is 11.5. The van der Waals surface area contributed by atoms with Crippen LogP contribution in [0.2, 0.25) is 0 Å². The quantitative estimate of drug-likeness (QED) is 0.828. The molecule has 0 unspecified atom stereocenters. The van der Waals surface area contributed by atoms with Crippen molar-refractivity contribution in [3.05, 3.63) is 0 Å². The average Bonchev–Trinajstić information content (AvgIpc) is 2.33. The molecule has 18 heavy (non-hydrogen) atoms. The third-order valence-corrected chi connectivity index (χ3v) is 4.17. The van der Waals surface area contributed by atoms with Gasteiger partial charge in [0.15, 0.2) is 0 Å². The molecule has 2 fully saturated rings. The highest BCUT2D eigenvalue weighted by atomic mass is 19.3. The molecule has 2 rings (SSSR count). The Balaban J connectivity index is 1.84. The third kappa shape index (κ3) is 3.62. The van der Waals surface area contributed by atoms with Gasteiger partial charge in [-0.2, -0.15) is 0 Å². The summed E-state index contributed by atoms with van der Waals surface area (Å²) in [5.74, 6) is -2.43. The fraction of sp³-hybridized carbons (Fsp3) is 1.00. The van der Waals surface area contributed by atoms with E-state index in [-0.39, 0.29) is 18.4 Å². The maximum Gasteiger partial charge on any atom is 0.250 e. The van der Waals surface area contributed by atoms with Crippen LogP contribution < -0.4 is 5.32 Å². The molecule has 0 amide bonds. The summed E-state index contributed by atoms with van der Waals surface area (Å²) >= 11 is 0. The van der Waals surface area contributed by atoms with Crippen molar-refractivity contribution in [1.82, 2.24) is 15.1 Å². The summed E-state index contributed by atoms with van der Waals surface area (Å²) in [5.41, 5.74) is 0.0781. The number of likely N-dealkylation sites (tertiary alicyclic amines) is 1. The van der Waals surface area contributed by atoms with Gasteiger partial charge >= 0.3 is 0 Å². The molecule has 0 aromatic carbocycles. The van der Waals surface area contributed by atoms with Gasteiger partial charge in [-0.05, 0) is 13.8 Å². The minimum absolute atomic E-state index is 0.0185. The zero-order chi connectivity index (χ0) is 13.2. The van der Waals surface area contributed by atoms with Gasteiger partial charge in [-0.3, -0.25) is 4.90 Å². The first kappa shape index (κ1) is 14.2. The zero-order valence-corrected chi connectivity index (χ0v) is 11.5. The summed E-state index contributed by atoms with van der Waals surface area (Å²) in [4.78, 5) is 4.66. The Morgan fingerprint density at radius 2 is 1.61 bits per heavy atom. The molecule has 0 aromatic rings. The Morgan fingerprint density at radius 3 is 2.17 bits per heavy atom. The van der Waals surface area contributed by atoms with Gasteiger partial charge in [0.05, 0.1) is 0 Å². The Hall–Kier alpha value is -0.260. The molecule has 0 aromatic heterocycles. The van der Waals surface area contributed by atoms with Crippen LogP contribution in [0.5, 0.6) is 0 Å². The van der Waals surface area contributed by atoms with E-state index >= 15 is 0 Å². The van der Waals surface area contributed by atoms with Gasteiger partial charge < -0.3 is 10.2 Å². The molecule has 106 valence electrons. The number of rotatable bonds is 3. The standard InChI is InChI=1S/C13H25F2N3/c1-12(2,18-9-5-16-6-10-18)11-17-7-3-13(14,15)4-8-17/h16H,3-11H2,1-2H3. The van der Waals surface area contributed by atoms with Crippen molar-refractivity contribution in [3.63, 3.8) is 0 Å². The fourth-order valence-corrected chi connectivity index (χ4v) is 2.96. The van der Waals surface area contributed by atoms with E-state index in [1.807, 2.05) is 0 Å². The van der Waals surface area contributed by atoms with Crippen molar-refractivity contribution in [2.45, 2.75) is 38.2 Å². The van der Waals surface area contributed by atoms with E-state index in [0.717, 1.165) is 32.7 Å². The minimum atomic E-state index is -2.43. The van der Waals surface area contributed by atoms with Gasteiger partial charge in [-0.1, -0.05) is 0 Å². The number of halogens is 2. The van der Waals surface area contributed by atoms with Gasteiger partial charge in [-0.25, -0.2) is 8.78 Å². The van der Waals surface area contributed by atoms with Gasteiger partial charge in [0.25, 0.3) is 5.92 Å². The van der Waals surface area contributed by atoms with Crippen molar-refractivity contribution in [2.75, 3.05) is 45.8 Å². The van der Waals surface area contributed by atoms with E-state index in [0.29, 0.717) is 13.1 Å². The summed E-state index contributed by atoms with van der Waals surface area (Å²) in [5, 5.41) is 3.35. The number of hydrogen-bond donors (Lipinski definition) is 1. The molecule has 0 aliphatic carbocycles. The SMILES string of the molecule is CC(C)(CN1CCC(F)(F)CC1)N1CCNCC1. The van der Waals surface area contributed by atoms with Crippen LogP contribution in [0, 0.1) is 0 Å². The first-order valence-electron chi connectivity index (χ1n) is 6.95. The largest absolute Gasteiger partial charge is 0.314 e. The van der Waals surface area contributed by atoms with Crippen LogP contribution in [-0.4, -0.2) is 67.1 Å². The Kier molecular flexibility index (Phi) is 4.24. The monoisotopic (exact) mass is 261 g/mol. The maximum atomic E-state index is 13.1. The minimum Gasteiger partial charge on any atom is -0.314 e. The van der Waals surface area contributed by atoms with Crippen molar-refractivity contribution < 1.29 is 8.78 Å². The number of nitrogens with zero attached hydrogens (tertiary/aromatic N) is 2. The van der Waals surface area contributed by atoms with Crippen molar-refractivity contribution >= 4 is 0 Å². The molecule has 0 radical (unpaired) electrons. The second kappa shape index (κ2) is 5.39. The van der Waals surface area contributed by atoms with Crippen LogP contribution in [0.1, 0.15) is 26.7 Å². The summed E-state index contributed by atoms with van der Waals surface area (Å²) in [6, 6.07) is 0. The molecule has 0 saturated carbocycles. The molecule has 0 bridgehead atoms. The van der Waals surface area contributed by atoms with Crippen LogP contribution in [-0.2, 0) is 0 Å². The van der Waals surface area contributed by atoms with Crippen LogP contribution in [0.4, 0.5) is 8.78 Å². The molecule has 1 N–H and O–H groups in total. The van der Waals surface area contributed by atoms with E-state index in [1.165, 1.54) is 0 Å². The van der Waals surface area contributed by atoms with Gasteiger partial charge in [0.2, 0.25) is 0 Å². The molecule has 0 atom stereocenters. The highest BCUT2D eigenvalue weighted by Gasteiger charge is 2.37. The summed E-state index contributed by atoms with van der Waals surface area (Å²) < 4.78 is 26.2. The average molecular weight is 261 g/mol. The maximum absolute atomic E-state index is 13.1. The molecular weight excluding hydrogens is 236 g/mol. The van der Waals surface area contributed by atoms with E-state index in [1.54, 1.807) is 0 Å². The highest BCUT2D eigenvalue weighted by molar-refractivity contribution is 4.89. The summed E-state index contributed by atoms with van der Waals surface area (Å²) in [7, 11) is 0. The lowest BCUT2D eigenvalue weighted by Gasteiger charge is -2.45. The lowest BCUT2D eigenvalue weighted by atomic mass is 9.98. The third-order valence-electron chi connectivity index (χ3n) is 4.17. The number of piperazine rings is 1. The van der Waals surface area contributed by atoms with Crippen molar-refractivity contribution in [1.29, 1.82) is 0 Å². The molecule has 5 heteroatoms. The molecule has 2 aliphatic heterocycles. The van der Waals surface area contributed by atoms with E-state index in [2.05, 4.69) is 29.0 Å². The lowest BCUT2D eigenvalue weighted by Crippen LogP contribution is -2.58. The van der Waals surface area contributed by atoms with Gasteiger partial charge in [0.1, 0.15) is 0 Å². The van der Waals surface area contributed by atoms with Crippen molar-refractivity contribution in [3.8, 4) is 0 Å². The number of nitrogens with one attached hydrogen (secondary N) is 1. The van der Waals surface area contributed by atoms with Crippen LogP contribution >= 0.6 is 0 Å². The Morgan fingerprint density at radius 1 is 1.06 bits per heavy atom. The molecule has 2 heterocycles. The second-order valence-corrected chi connectivity index (χ2v) is 6.18. The first-order valence-corrected chi connectivity index (χ1v) is 6.95. The van der Waals surface area contributed by atoms with Gasteiger partial charge in [-0.15, -0.1) is 0 Å². The number of piperidine rings is 1. The predicted molar refractivity (Wildman–Crippen MR) is 69.1 cm³/mol. The van der Waals surface area contributed by atoms with E-state index in [9.17, 15) is 8.78 Å². The normalized spacial score (nSPS) is 27.3. The fourth-order valence-electron chi connectivity index (χ4n) is 2.96. The number of hydrogen-bond acceptors (Lipinski definition) is 3. The Bertz CT molecular complexity index is 265. The smallest absolute Gasteiger partial charge is 0.250 e. The molecule has 2 saturated heterocycles. The Labute approximate surface area is 109 Å². The van der Waals surface area contributed by atoms with Crippen LogP contribution in [0.15, 0.2) is 0 Å². The summed E-state index contributed by atoms with van der Waals surface area (Å²) in [6.07, 6.45) is 0.0370. The summed E-state index contributed by atoms with van der Waals surface area (Å²) in [6.45, 7) is 10.6. The predicted octanol–water partition coefficient (Wildman–Crippen LogP) is 1.40. The topological polar surface area (TPSA) is 18.5 Å². The van der Waals surface area contributed by atoms with E-state index in [4.69, 9.17) is 0 Å². The molecule has 2 aliphatic rings. The van der Waals surface area contributed by atoms with Gasteiger partial charge in [0, 0.05) is 64.2 Å². The van der Waals surface area contributed by atoms with Crippen LogP contribution in [0.25, 0.3) is 0 Å². The molecule has 3 nitrogen and oxygen atoms in total. The van der Waals surface area contributed by atoms with E-state index < -0.39 is 5.92 Å². The van der Waals surface area contributed by atoms with Crippen LogP contribution in [0.3, 0.4) is 0 Å². The van der Waals surface area contributed by atoms with Crippen molar-refractivity contribution in [2.24, 2.45) is 0 Å². The molecule has 0 spiro atoms.